The zero-order valence-corrected chi connectivity index (χ0v) is 12.1. The van der Waals surface area contributed by atoms with Gasteiger partial charge in [-0.2, -0.15) is 0 Å². The van der Waals surface area contributed by atoms with Crippen molar-refractivity contribution in [3.05, 3.63) is 28.5 Å². The quantitative estimate of drug-likeness (QED) is 0.896. The second-order valence-corrected chi connectivity index (χ2v) is 5.67. The van der Waals surface area contributed by atoms with Crippen LogP contribution in [0, 0.1) is 5.92 Å². The zero-order chi connectivity index (χ0) is 12.1. The lowest BCUT2D eigenvalue weighted by atomic mass is 9.97. The van der Waals surface area contributed by atoms with Crippen LogP contribution in [0.25, 0.3) is 0 Å². The van der Waals surface area contributed by atoms with Crippen molar-refractivity contribution in [1.29, 1.82) is 0 Å². The number of hydrogen-bond donors (Lipinski definition) is 1. The number of pyridine rings is 1. The maximum absolute atomic E-state index is 4.41. The minimum Gasteiger partial charge on any atom is -0.312 e. The maximum Gasteiger partial charge on any atom is 0.0413 e. The molecule has 2 atom stereocenters. The highest BCUT2D eigenvalue weighted by Gasteiger charge is 2.13. The van der Waals surface area contributed by atoms with Crippen LogP contribution in [0.15, 0.2) is 22.8 Å². The van der Waals surface area contributed by atoms with Gasteiger partial charge in [-0.25, -0.2) is 0 Å². The van der Waals surface area contributed by atoms with Crippen molar-refractivity contribution < 1.29 is 0 Å². The van der Waals surface area contributed by atoms with E-state index >= 15 is 0 Å². The van der Waals surface area contributed by atoms with E-state index in [1.165, 1.54) is 0 Å². The highest BCUT2D eigenvalue weighted by atomic mass is 79.9. The van der Waals surface area contributed by atoms with E-state index < -0.39 is 0 Å². The molecular formula is C13H21BrN2. The largest absolute Gasteiger partial charge is 0.312 e. The summed E-state index contributed by atoms with van der Waals surface area (Å²) >= 11 is 3.40. The fourth-order valence-electron chi connectivity index (χ4n) is 1.72. The van der Waals surface area contributed by atoms with Gasteiger partial charge in [-0.15, -0.1) is 0 Å². The van der Waals surface area contributed by atoms with Gasteiger partial charge in [-0.05, 0) is 47.3 Å². The van der Waals surface area contributed by atoms with E-state index in [0.717, 1.165) is 16.6 Å². The standard InChI is InChI=1S/C13H21BrN2/c1-9(2)16-11(4)10(3)7-13-6-5-12(14)8-15-13/h5-6,8-11,16H,7H2,1-4H3. The molecule has 0 spiro atoms. The second kappa shape index (κ2) is 6.36. The summed E-state index contributed by atoms with van der Waals surface area (Å²) in [5.74, 6) is 0.594. The summed E-state index contributed by atoms with van der Waals surface area (Å²) in [6, 6.07) is 5.19. The van der Waals surface area contributed by atoms with Gasteiger partial charge in [-0.1, -0.05) is 20.8 Å². The number of halogens is 1. The Bertz CT molecular complexity index is 308. The fraction of sp³-hybridized carbons (Fsp3) is 0.615. The molecule has 3 heteroatoms. The summed E-state index contributed by atoms with van der Waals surface area (Å²) in [4.78, 5) is 4.41. The lowest BCUT2D eigenvalue weighted by molar-refractivity contribution is 0.370. The third kappa shape index (κ3) is 4.62. The van der Waals surface area contributed by atoms with Crippen LogP contribution in [0.3, 0.4) is 0 Å². The van der Waals surface area contributed by atoms with E-state index in [0.29, 0.717) is 18.0 Å². The molecular weight excluding hydrogens is 264 g/mol. The van der Waals surface area contributed by atoms with Gasteiger partial charge in [0.2, 0.25) is 0 Å². The van der Waals surface area contributed by atoms with Crippen LogP contribution in [0.1, 0.15) is 33.4 Å². The van der Waals surface area contributed by atoms with Crippen molar-refractivity contribution >= 4 is 15.9 Å². The Morgan fingerprint density at radius 2 is 1.94 bits per heavy atom. The topological polar surface area (TPSA) is 24.9 Å². The van der Waals surface area contributed by atoms with E-state index in [9.17, 15) is 0 Å². The van der Waals surface area contributed by atoms with Crippen molar-refractivity contribution in [3.8, 4) is 0 Å². The maximum atomic E-state index is 4.41. The molecule has 0 aliphatic rings. The molecule has 0 fully saturated rings. The minimum atomic E-state index is 0.519. The molecule has 16 heavy (non-hydrogen) atoms. The summed E-state index contributed by atoms with van der Waals surface area (Å²) < 4.78 is 1.04. The van der Waals surface area contributed by atoms with Crippen LogP contribution in [-0.4, -0.2) is 17.1 Å². The van der Waals surface area contributed by atoms with Crippen molar-refractivity contribution in [2.45, 2.75) is 46.2 Å². The summed E-state index contributed by atoms with van der Waals surface area (Å²) in [6.45, 7) is 8.87. The normalized spacial score (nSPS) is 15.1. The van der Waals surface area contributed by atoms with Crippen LogP contribution < -0.4 is 5.32 Å². The summed E-state index contributed by atoms with van der Waals surface area (Å²) in [5, 5.41) is 3.54. The Hall–Kier alpha value is -0.410. The molecule has 2 nitrogen and oxygen atoms in total. The third-order valence-corrected chi connectivity index (χ3v) is 3.24. The molecule has 1 heterocycles. The van der Waals surface area contributed by atoms with Gasteiger partial charge in [-0.3, -0.25) is 4.98 Å². The predicted octanol–water partition coefficient (Wildman–Crippen LogP) is 3.41. The van der Waals surface area contributed by atoms with Gasteiger partial charge in [0.15, 0.2) is 0 Å². The second-order valence-electron chi connectivity index (χ2n) is 4.76. The average molecular weight is 285 g/mol. The number of hydrogen-bond acceptors (Lipinski definition) is 2. The zero-order valence-electron chi connectivity index (χ0n) is 10.5. The van der Waals surface area contributed by atoms with Crippen LogP contribution >= 0.6 is 15.9 Å². The van der Waals surface area contributed by atoms with E-state index in [1.54, 1.807) is 0 Å². The Morgan fingerprint density at radius 1 is 1.25 bits per heavy atom. The Balaban J connectivity index is 2.50. The van der Waals surface area contributed by atoms with Crippen molar-refractivity contribution in [1.82, 2.24) is 10.3 Å². The molecule has 0 aliphatic heterocycles. The summed E-state index contributed by atoms with van der Waals surface area (Å²) in [5.41, 5.74) is 1.16. The first kappa shape index (κ1) is 13.7. The van der Waals surface area contributed by atoms with Crippen LogP contribution in [-0.2, 0) is 6.42 Å². The minimum absolute atomic E-state index is 0.519. The van der Waals surface area contributed by atoms with E-state index in [2.05, 4.69) is 66.1 Å². The first-order chi connectivity index (χ1) is 7.49. The molecule has 1 aromatic heterocycles. The van der Waals surface area contributed by atoms with Gasteiger partial charge in [0.1, 0.15) is 0 Å². The number of rotatable bonds is 5. The van der Waals surface area contributed by atoms with Gasteiger partial charge in [0, 0.05) is 28.4 Å². The molecule has 0 radical (unpaired) electrons. The summed E-state index contributed by atoms with van der Waals surface area (Å²) in [7, 11) is 0. The highest BCUT2D eigenvalue weighted by molar-refractivity contribution is 9.10. The molecule has 0 saturated heterocycles. The first-order valence-electron chi connectivity index (χ1n) is 5.85. The van der Waals surface area contributed by atoms with Crippen LogP contribution in [0.4, 0.5) is 0 Å². The molecule has 0 amide bonds. The molecule has 0 bridgehead atoms. The monoisotopic (exact) mass is 284 g/mol. The average Bonchev–Trinajstić information content (AvgIpc) is 2.20. The number of nitrogens with zero attached hydrogens (tertiary/aromatic N) is 1. The molecule has 0 aliphatic carbocycles. The van der Waals surface area contributed by atoms with Gasteiger partial charge in [0.25, 0.3) is 0 Å². The Kier molecular flexibility index (Phi) is 5.42. The van der Waals surface area contributed by atoms with Crippen LogP contribution in [0.5, 0.6) is 0 Å². The molecule has 2 unspecified atom stereocenters. The highest BCUT2D eigenvalue weighted by Crippen LogP contribution is 2.13. The Labute approximate surface area is 107 Å². The van der Waals surface area contributed by atoms with Crippen molar-refractivity contribution in [3.63, 3.8) is 0 Å². The van der Waals surface area contributed by atoms with Crippen LogP contribution in [0.2, 0.25) is 0 Å². The lowest BCUT2D eigenvalue weighted by Gasteiger charge is -2.23. The molecule has 1 rings (SSSR count). The Morgan fingerprint density at radius 3 is 2.44 bits per heavy atom. The molecule has 0 aromatic carbocycles. The van der Waals surface area contributed by atoms with E-state index in [-0.39, 0.29) is 0 Å². The third-order valence-electron chi connectivity index (χ3n) is 2.77. The van der Waals surface area contributed by atoms with E-state index in [4.69, 9.17) is 0 Å². The van der Waals surface area contributed by atoms with Crippen molar-refractivity contribution in [2.75, 3.05) is 0 Å². The van der Waals surface area contributed by atoms with Crippen molar-refractivity contribution in [2.24, 2.45) is 5.92 Å². The fourth-order valence-corrected chi connectivity index (χ4v) is 1.96. The SMILES string of the molecule is CC(C)NC(C)C(C)Cc1ccc(Br)cn1. The number of aromatic nitrogens is 1. The molecule has 90 valence electrons. The molecule has 0 saturated carbocycles. The number of nitrogens with one attached hydrogen (secondary N) is 1. The lowest BCUT2D eigenvalue weighted by Crippen LogP contribution is -2.37. The van der Waals surface area contributed by atoms with Gasteiger partial charge >= 0.3 is 0 Å². The summed E-state index contributed by atoms with van der Waals surface area (Å²) in [6.07, 6.45) is 2.89. The molecule has 1 N–H and O–H groups in total. The molecule has 1 aromatic rings. The van der Waals surface area contributed by atoms with E-state index in [1.807, 2.05) is 6.20 Å². The first-order valence-corrected chi connectivity index (χ1v) is 6.65. The van der Waals surface area contributed by atoms with Gasteiger partial charge < -0.3 is 5.32 Å². The smallest absolute Gasteiger partial charge is 0.0413 e. The van der Waals surface area contributed by atoms with Gasteiger partial charge in [0.05, 0.1) is 0 Å². The predicted molar refractivity (Wildman–Crippen MR) is 72.5 cm³/mol.